The third kappa shape index (κ3) is 4.20. The van der Waals surface area contributed by atoms with Gasteiger partial charge in [0.05, 0.1) is 11.7 Å². The summed E-state index contributed by atoms with van der Waals surface area (Å²) < 4.78 is 0. The molecular formula is C16H16N3O2S-. The van der Waals surface area contributed by atoms with Crippen LogP contribution < -0.4 is 21.3 Å². The van der Waals surface area contributed by atoms with E-state index in [1.54, 1.807) is 12.1 Å². The van der Waals surface area contributed by atoms with Crippen molar-refractivity contribution in [2.24, 2.45) is 0 Å². The van der Waals surface area contributed by atoms with Crippen molar-refractivity contribution in [3.8, 4) is 0 Å². The molecule has 3 N–H and O–H groups in total. The molecular weight excluding hydrogens is 298 g/mol. The Labute approximate surface area is 134 Å². The molecule has 5 nitrogen and oxygen atoms in total. The van der Waals surface area contributed by atoms with Crippen molar-refractivity contribution in [1.29, 1.82) is 0 Å². The molecule has 6 heteroatoms. The van der Waals surface area contributed by atoms with Gasteiger partial charge < -0.3 is 15.2 Å². The van der Waals surface area contributed by atoms with E-state index < -0.39 is 5.97 Å². The van der Waals surface area contributed by atoms with Crippen LogP contribution in [0.25, 0.3) is 0 Å². The van der Waals surface area contributed by atoms with E-state index in [-0.39, 0.29) is 5.56 Å². The van der Waals surface area contributed by atoms with Crippen molar-refractivity contribution < 1.29 is 9.90 Å². The van der Waals surface area contributed by atoms with Gasteiger partial charge in [0, 0.05) is 5.69 Å². The number of carboxylic acids is 1. The average Bonchev–Trinajstić information content (AvgIpc) is 2.48. The van der Waals surface area contributed by atoms with Crippen LogP contribution in [0.2, 0.25) is 0 Å². The maximum absolute atomic E-state index is 10.7. The SMILES string of the molecule is Cc1ccc(NC(=S)NNc2ccc(C(=O)[O-])cc2)c(C)c1. The van der Waals surface area contributed by atoms with Gasteiger partial charge in [-0.05, 0) is 55.4 Å². The third-order valence-corrected chi connectivity index (χ3v) is 3.28. The predicted octanol–water partition coefficient (Wildman–Crippen LogP) is 1.98. The van der Waals surface area contributed by atoms with Crippen LogP contribution >= 0.6 is 12.2 Å². The molecule has 0 amide bonds. The van der Waals surface area contributed by atoms with Crippen molar-refractivity contribution in [2.45, 2.75) is 13.8 Å². The number of anilines is 2. The molecule has 2 aromatic carbocycles. The van der Waals surface area contributed by atoms with Crippen LogP contribution in [0.15, 0.2) is 42.5 Å². The summed E-state index contributed by atoms with van der Waals surface area (Å²) in [5.74, 6) is -1.20. The number of carbonyl (C=O) groups is 1. The molecule has 0 spiro atoms. The normalized spacial score (nSPS) is 9.91. The standard InChI is InChI=1S/C16H17N3O2S/c1-10-3-8-14(11(2)9-10)17-16(22)19-18-13-6-4-12(5-7-13)15(20)21/h3-9,18H,1-2H3,(H,20,21)(H2,17,19,22)/p-1. The Hall–Kier alpha value is -2.60. The number of rotatable bonds is 4. The fourth-order valence-corrected chi connectivity index (χ4v) is 2.09. The van der Waals surface area contributed by atoms with Gasteiger partial charge in [0.25, 0.3) is 0 Å². The second-order valence-electron chi connectivity index (χ2n) is 4.89. The van der Waals surface area contributed by atoms with Gasteiger partial charge in [0.2, 0.25) is 0 Å². The van der Waals surface area contributed by atoms with E-state index >= 15 is 0 Å². The zero-order valence-corrected chi connectivity index (χ0v) is 13.1. The van der Waals surface area contributed by atoms with E-state index in [1.807, 2.05) is 26.0 Å². The first-order valence-electron chi connectivity index (χ1n) is 6.67. The largest absolute Gasteiger partial charge is 0.545 e. The summed E-state index contributed by atoms with van der Waals surface area (Å²) in [6.45, 7) is 4.04. The van der Waals surface area contributed by atoms with Crippen molar-refractivity contribution in [2.75, 3.05) is 10.7 Å². The Bertz CT molecular complexity index is 699. The van der Waals surface area contributed by atoms with E-state index in [4.69, 9.17) is 12.2 Å². The molecule has 0 bridgehead atoms. The number of hydrogen-bond acceptors (Lipinski definition) is 4. The molecule has 2 rings (SSSR count). The molecule has 22 heavy (non-hydrogen) atoms. The summed E-state index contributed by atoms with van der Waals surface area (Å²) >= 11 is 5.21. The zero-order valence-electron chi connectivity index (χ0n) is 12.3. The number of carbonyl (C=O) groups excluding carboxylic acids is 1. The first kappa shape index (κ1) is 15.8. The van der Waals surface area contributed by atoms with E-state index in [0.29, 0.717) is 10.8 Å². The van der Waals surface area contributed by atoms with Gasteiger partial charge in [-0.25, -0.2) is 0 Å². The van der Waals surface area contributed by atoms with E-state index in [9.17, 15) is 9.90 Å². The van der Waals surface area contributed by atoms with Gasteiger partial charge in [-0.2, -0.15) is 0 Å². The monoisotopic (exact) mass is 314 g/mol. The van der Waals surface area contributed by atoms with E-state index in [1.165, 1.54) is 17.7 Å². The topological polar surface area (TPSA) is 76.2 Å². The van der Waals surface area contributed by atoms with E-state index in [0.717, 1.165) is 11.3 Å². The first-order valence-corrected chi connectivity index (χ1v) is 7.08. The number of aryl methyl sites for hydroxylation is 2. The van der Waals surface area contributed by atoms with Crippen LogP contribution in [0.1, 0.15) is 21.5 Å². The van der Waals surface area contributed by atoms with Crippen molar-refractivity contribution in [3.63, 3.8) is 0 Å². The number of thiocarbonyl (C=S) groups is 1. The van der Waals surface area contributed by atoms with Crippen LogP contribution in [0, 0.1) is 13.8 Å². The van der Waals surface area contributed by atoms with Gasteiger partial charge >= 0.3 is 0 Å². The highest BCUT2D eigenvalue weighted by Crippen LogP contribution is 2.15. The fourth-order valence-electron chi connectivity index (χ4n) is 1.93. The Morgan fingerprint density at radius 1 is 1.09 bits per heavy atom. The predicted molar refractivity (Wildman–Crippen MR) is 89.7 cm³/mol. The lowest BCUT2D eigenvalue weighted by Gasteiger charge is -2.14. The molecule has 0 atom stereocenters. The van der Waals surface area contributed by atoms with Crippen molar-refractivity contribution >= 4 is 34.7 Å². The maximum atomic E-state index is 10.7. The Morgan fingerprint density at radius 2 is 1.77 bits per heavy atom. The molecule has 0 radical (unpaired) electrons. The Balaban J connectivity index is 1.91. The maximum Gasteiger partial charge on any atom is 0.189 e. The molecule has 0 aliphatic carbocycles. The minimum Gasteiger partial charge on any atom is -0.545 e. The van der Waals surface area contributed by atoms with Gasteiger partial charge in [0.15, 0.2) is 5.11 Å². The Kier molecular flexibility index (Phi) is 4.95. The number of hydrazine groups is 1. The van der Waals surface area contributed by atoms with E-state index in [2.05, 4.69) is 22.2 Å². The summed E-state index contributed by atoms with van der Waals surface area (Å²) in [5, 5.41) is 14.2. The zero-order chi connectivity index (χ0) is 16.1. The summed E-state index contributed by atoms with van der Waals surface area (Å²) in [6, 6.07) is 12.2. The van der Waals surface area contributed by atoms with Crippen LogP contribution in [0.3, 0.4) is 0 Å². The van der Waals surface area contributed by atoms with Crippen LogP contribution in [0.4, 0.5) is 11.4 Å². The molecule has 0 fully saturated rings. The highest BCUT2D eigenvalue weighted by atomic mass is 32.1. The average molecular weight is 314 g/mol. The second-order valence-corrected chi connectivity index (χ2v) is 5.30. The smallest absolute Gasteiger partial charge is 0.189 e. The number of benzene rings is 2. The van der Waals surface area contributed by atoms with Crippen molar-refractivity contribution in [3.05, 3.63) is 59.2 Å². The molecule has 0 unspecified atom stereocenters. The van der Waals surface area contributed by atoms with Crippen LogP contribution in [-0.4, -0.2) is 11.1 Å². The van der Waals surface area contributed by atoms with Gasteiger partial charge in [0.1, 0.15) is 0 Å². The number of nitrogens with one attached hydrogen (secondary N) is 3. The molecule has 0 aromatic heterocycles. The lowest BCUT2D eigenvalue weighted by molar-refractivity contribution is -0.255. The first-order chi connectivity index (χ1) is 10.5. The molecule has 114 valence electrons. The number of aromatic carboxylic acids is 1. The molecule has 0 saturated heterocycles. The highest BCUT2D eigenvalue weighted by molar-refractivity contribution is 7.80. The van der Waals surface area contributed by atoms with Gasteiger partial charge in [-0.3, -0.25) is 10.9 Å². The fraction of sp³-hybridized carbons (Fsp3) is 0.125. The number of carboxylic acid groups (broad SMARTS) is 1. The molecule has 0 aliphatic rings. The van der Waals surface area contributed by atoms with Crippen LogP contribution in [-0.2, 0) is 0 Å². The second kappa shape index (κ2) is 6.91. The lowest BCUT2D eigenvalue weighted by Crippen LogP contribution is -2.33. The summed E-state index contributed by atoms with van der Waals surface area (Å²) in [6.07, 6.45) is 0. The third-order valence-electron chi connectivity index (χ3n) is 3.07. The molecule has 0 heterocycles. The van der Waals surface area contributed by atoms with Gasteiger partial charge in [-0.1, -0.05) is 29.8 Å². The van der Waals surface area contributed by atoms with Gasteiger partial charge in [-0.15, -0.1) is 0 Å². The number of hydrogen-bond donors (Lipinski definition) is 3. The minimum absolute atomic E-state index is 0.126. The quantitative estimate of drug-likeness (QED) is 0.592. The summed E-state index contributed by atoms with van der Waals surface area (Å²) in [4.78, 5) is 10.7. The lowest BCUT2D eigenvalue weighted by atomic mass is 10.1. The Morgan fingerprint density at radius 3 is 2.36 bits per heavy atom. The molecule has 2 aromatic rings. The molecule has 0 aliphatic heterocycles. The molecule has 0 saturated carbocycles. The summed E-state index contributed by atoms with van der Waals surface area (Å²) in [7, 11) is 0. The minimum atomic E-state index is -1.20. The highest BCUT2D eigenvalue weighted by Gasteiger charge is 2.01. The summed E-state index contributed by atoms with van der Waals surface area (Å²) in [5.41, 5.74) is 9.77. The van der Waals surface area contributed by atoms with Crippen molar-refractivity contribution in [1.82, 2.24) is 5.43 Å². The van der Waals surface area contributed by atoms with Crippen LogP contribution in [0.5, 0.6) is 0 Å².